The molecule has 0 aliphatic rings. The van der Waals surface area contributed by atoms with Crippen LogP contribution in [0.4, 0.5) is 0 Å². The molecule has 6 heteroatoms. The van der Waals surface area contributed by atoms with Crippen molar-refractivity contribution in [2.75, 3.05) is 0 Å². The summed E-state index contributed by atoms with van der Waals surface area (Å²) in [6.07, 6.45) is 0. The summed E-state index contributed by atoms with van der Waals surface area (Å²) >= 11 is 0. The van der Waals surface area contributed by atoms with Crippen LogP contribution in [0, 0.1) is 0 Å². The van der Waals surface area contributed by atoms with Crippen molar-refractivity contribution in [1.82, 2.24) is 0 Å². The molecule has 0 atom stereocenters. The Morgan fingerprint density at radius 2 is 1.17 bits per heavy atom. The molecule has 0 aromatic heterocycles. The van der Waals surface area contributed by atoms with Crippen molar-refractivity contribution >= 4 is 34.0 Å². The van der Waals surface area contributed by atoms with Gasteiger partial charge in [0.15, 0.2) is 0 Å². The molecule has 0 saturated heterocycles. The van der Waals surface area contributed by atoms with Crippen molar-refractivity contribution in [2.24, 2.45) is 0 Å². The van der Waals surface area contributed by atoms with E-state index in [0.717, 1.165) is 0 Å². The van der Waals surface area contributed by atoms with Crippen LogP contribution >= 0.6 is 7.82 Å². The van der Waals surface area contributed by atoms with Crippen molar-refractivity contribution in [2.45, 2.75) is 0 Å². The molecule has 0 saturated carbocycles. The van der Waals surface area contributed by atoms with Gasteiger partial charge in [-0.05, 0) is 0 Å². The molecule has 0 aromatic carbocycles. The first-order valence-corrected chi connectivity index (χ1v) is 2.19. The van der Waals surface area contributed by atoms with Crippen LogP contribution in [0.3, 0.4) is 0 Å². The molecule has 0 unspecified atom stereocenters. The molecule has 0 aromatic rings. The van der Waals surface area contributed by atoms with E-state index in [0.29, 0.717) is 0 Å². The van der Waals surface area contributed by atoms with Crippen molar-refractivity contribution in [3.8, 4) is 0 Å². The van der Waals surface area contributed by atoms with Gasteiger partial charge in [-0.2, -0.15) is 7.82 Å². The largest absolute Gasteiger partial charge is 3.00 e. The minimum atomic E-state index is -5.39. The Balaban J connectivity index is 0. The smallest absolute Gasteiger partial charge is 0.822 e. The maximum absolute atomic E-state index is 8.55. The Bertz CT molecular complexity index is 53.7. The van der Waals surface area contributed by atoms with Crippen LogP contribution in [0.5, 0.6) is 0 Å². The monoisotopic (exact) mass is 304 g/mol. The fraction of sp³-hybridized carbons (Fsp3) is 0. The number of hydrogen-bond donors (Lipinski definition) is 0. The second-order valence-electron chi connectivity index (χ2n) is 0.447. The molecule has 0 aliphatic carbocycles. The first-order valence-electron chi connectivity index (χ1n) is 0.730. The van der Waals surface area contributed by atoms with Gasteiger partial charge in [0.25, 0.3) is 0 Å². The third-order valence-corrected chi connectivity index (χ3v) is 0. The molecule has 0 rings (SSSR count). The van der Waals surface area contributed by atoms with Crippen LogP contribution in [0.25, 0.3) is 0 Å². The van der Waals surface area contributed by atoms with Crippen molar-refractivity contribution in [1.29, 1.82) is 0 Å². The first kappa shape index (κ1) is 10.1. The van der Waals surface area contributed by atoms with Gasteiger partial charge in [-0.15, -0.1) is 0 Å². The maximum Gasteiger partial charge on any atom is 3.00 e. The standard InChI is InChI=1S/Bi.H3O4P/c;1-5(2,3)4/h;(H3,1,2,3,4)/q+3;/p-3. The molecule has 0 fully saturated rings. The summed E-state index contributed by atoms with van der Waals surface area (Å²) in [5.74, 6) is 0. The molecular formula is BiO4P. The van der Waals surface area contributed by atoms with Crippen molar-refractivity contribution in [3.05, 3.63) is 0 Å². The van der Waals surface area contributed by atoms with Crippen LogP contribution in [-0.4, -0.2) is 26.2 Å². The van der Waals surface area contributed by atoms with E-state index >= 15 is 0 Å². The predicted molar refractivity (Wildman–Crippen MR) is 13.4 cm³/mol. The molecule has 2 radical (unpaired) electrons. The quantitative estimate of drug-likeness (QED) is 0.348. The van der Waals surface area contributed by atoms with E-state index in [1.54, 1.807) is 0 Å². The Labute approximate surface area is 53.6 Å². The number of rotatable bonds is 0. The van der Waals surface area contributed by atoms with E-state index in [1.165, 1.54) is 0 Å². The average molecular weight is 304 g/mol. The molecule has 4 nitrogen and oxygen atoms in total. The second-order valence-corrected chi connectivity index (χ2v) is 1.34. The van der Waals surface area contributed by atoms with Gasteiger partial charge in [0, 0.05) is 0 Å². The van der Waals surface area contributed by atoms with Gasteiger partial charge in [-0.3, -0.25) is 0 Å². The zero-order valence-electron chi connectivity index (χ0n) is 2.53. The minimum Gasteiger partial charge on any atom is -0.822 e. The van der Waals surface area contributed by atoms with E-state index in [4.69, 9.17) is 19.2 Å². The molecule has 0 aliphatic heterocycles. The van der Waals surface area contributed by atoms with Crippen LogP contribution in [0.1, 0.15) is 0 Å². The van der Waals surface area contributed by atoms with Gasteiger partial charge in [-0.25, -0.2) is 0 Å². The van der Waals surface area contributed by atoms with Gasteiger partial charge in [0.05, 0.1) is 0 Å². The molecule has 0 amide bonds. The molecule has 0 heterocycles. The summed E-state index contributed by atoms with van der Waals surface area (Å²) < 4.78 is 8.55. The summed E-state index contributed by atoms with van der Waals surface area (Å²) in [6, 6.07) is 0. The third-order valence-electron chi connectivity index (χ3n) is 0. The van der Waals surface area contributed by atoms with E-state index < -0.39 is 7.82 Å². The zero-order valence-corrected chi connectivity index (χ0v) is 6.90. The normalized spacial score (nSPS) is 9.83. The van der Waals surface area contributed by atoms with E-state index in [2.05, 4.69) is 0 Å². The van der Waals surface area contributed by atoms with Crippen LogP contribution < -0.4 is 14.7 Å². The third kappa shape index (κ3) is 80.7. The van der Waals surface area contributed by atoms with Crippen LogP contribution in [-0.2, 0) is 4.57 Å². The van der Waals surface area contributed by atoms with E-state index in [1.807, 2.05) is 0 Å². The van der Waals surface area contributed by atoms with Gasteiger partial charge < -0.3 is 19.2 Å². The number of hydrogen-bond acceptors (Lipinski definition) is 4. The summed E-state index contributed by atoms with van der Waals surface area (Å²) in [5, 5.41) is 0. The summed E-state index contributed by atoms with van der Waals surface area (Å²) in [6.45, 7) is 0. The molecule has 34 valence electrons. The fourth-order valence-corrected chi connectivity index (χ4v) is 0. The van der Waals surface area contributed by atoms with E-state index in [9.17, 15) is 0 Å². The second kappa shape index (κ2) is 3.06. The van der Waals surface area contributed by atoms with Crippen LogP contribution in [0.15, 0.2) is 0 Å². The molecule has 0 bridgehead atoms. The Hall–Kier alpha value is 0.993. The molecular weight excluding hydrogens is 304 g/mol. The number of phosphoric acid groups is 1. The Morgan fingerprint density at radius 1 is 1.17 bits per heavy atom. The Morgan fingerprint density at radius 3 is 1.17 bits per heavy atom. The van der Waals surface area contributed by atoms with Gasteiger partial charge in [0.1, 0.15) is 0 Å². The first-order chi connectivity index (χ1) is 2.00. The van der Waals surface area contributed by atoms with Gasteiger partial charge in [0.2, 0.25) is 0 Å². The molecule has 6 heavy (non-hydrogen) atoms. The molecule has 0 N–H and O–H groups in total. The molecule has 0 spiro atoms. The SMILES string of the molecule is O=P([O-])([O-])[O-].[Bi+3]. The van der Waals surface area contributed by atoms with Crippen molar-refractivity contribution in [3.63, 3.8) is 0 Å². The van der Waals surface area contributed by atoms with Crippen molar-refractivity contribution < 1.29 is 19.2 Å². The summed E-state index contributed by atoms with van der Waals surface area (Å²) in [7, 11) is -5.39. The average Bonchev–Trinajstić information content (AvgIpc) is 0.722. The topological polar surface area (TPSA) is 86.2 Å². The maximum atomic E-state index is 8.55. The van der Waals surface area contributed by atoms with Gasteiger partial charge in [-0.1, -0.05) is 0 Å². The van der Waals surface area contributed by atoms with E-state index in [-0.39, 0.29) is 26.2 Å². The minimum absolute atomic E-state index is 0. The predicted octanol–water partition coefficient (Wildman–Crippen LogP) is -3.21. The zero-order chi connectivity index (χ0) is 4.50. The van der Waals surface area contributed by atoms with Crippen LogP contribution in [0.2, 0.25) is 0 Å². The Kier molecular flexibility index (Phi) is 5.13. The summed E-state index contributed by atoms with van der Waals surface area (Å²) in [4.78, 5) is 25.6. The fourth-order valence-electron chi connectivity index (χ4n) is 0. The summed E-state index contributed by atoms with van der Waals surface area (Å²) in [5.41, 5.74) is 0. The van der Waals surface area contributed by atoms with Gasteiger partial charge >= 0.3 is 26.2 Å².